The van der Waals surface area contributed by atoms with Crippen LogP contribution >= 0.6 is 0 Å². The Morgan fingerprint density at radius 3 is 2.05 bits per heavy atom. The van der Waals surface area contributed by atoms with Gasteiger partial charge in [-0.1, -0.05) is 45.0 Å². The van der Waals surface area contributed by atoms with Crippen molar-refractivity contribution in [3.05, 3.63) is 72.6 Å². The van der Waals surface area contributed by atoms with E-state index in [0.717, 1.165) is 9.87 Å². The van der Waals surface area contributed by atoms with E-state index in [1.165, 1.54) is 26.6 Å². The number of hydrogen-bond donors (Lipinski definition) is 1. The SMILES string of the molecule is COc1ccccc1Oc1c(OCCO)nc(-c2ncccn2)nc1N(C(C)(C)OC)S(=O)(=O)c1ccc(C(C)(C)C)cc1. The van der Waals surface area contributed by atoms with Gasteiger partial charge in [0.1, 0.15) is 6.61 Å². The summed E-state index contributed by atoms with van der Waals surface area (Å²) in [5.74, 6) is 0.118. The van der Waals surface area contributed by atoms with Crippen LogP contribution in [0, 0.1) is 0 Å². The zero-order valence-corrected chi connectivity index (χ0v) is 26.6. The number of rotatable bonds is 12. The van der Waals surface area contributed by atoms with E-state index in [1.807, 2.05) is 20.8 Å². The van der Waals surface area contributed by atoms with E-state index in [9.17, 15) is 13.5 Å². The molecule has 0 bridgehead atoms. The molecule has 0 amide bonds. The van der Waals surface area contributed by atoms with Gasteiger partial charge in [-0.25, -0.2) is 27.7 Å². The number of aromatic nitrogens is 4. The van der Waals surface area contributed by atoms with Gasteiger partial charge in [0.15, 0.2) is 28.9 Å². The van der Waals surface area contributed by atoms with Gasteiger partial charge >= 0.3 is 0 Å². The average Bonchev–Trinajstić information content (AvgIpc) is 3.01. The van der Waals surface area contributed by atoms with E-state index in [1.54, 1.807) is 68.4 Å². The number of ether oxygens (including phenoxy) is 4. The van der Waals surface area contributed by atoms with Gasteiger partial charge in [-0.3, -0.25) is 0 Å². The fourth-order valence-corrected chi connectivity index (χ4v) is 5.88. The first-order chi connectivity index (χ1) is 20.8. The second-order valence-corrected chi connectivity index (χ2v) is 12.9. The zero-order chi connectivity index (χ0) is 32.1. The Kier molecular flexibility index (Phi) is 9.72. The summed E-state index contributed by atoms with van der Waals surface area (Å²) in [7, 11) is -1.53. The number of anilines is 1. The molecule has 0 saturated carbocycles. The van der Waals surface area contributed by atoms with Gasteiger partial charge in [-0.2, -0.15) is 4.98 Å². The summed E-state index contributed by atoms with van der Waals surface area (Å²) in [5.41, 5.74) is -0.753. The molecule has 1 N–H and O–H groups in total. The first-order valence-corrected chi connectivity index (χ1v) is 15.2. The van der Waals surface area contributed by atoms with Crippen LogP contribution in [0.1, 0.15) is 40.2 Å². The fraction of sp³-hybridized carbons (Fsp3) is 0.355. The summed E-state index contributed by atoms with van der Waals surface area (Å²) in [6.45, 7) is 8.76. The Morgan fingerprint density at radius 2 is 1.48 bits per heavy atom. The molecule has 2 aromatic carbocycles. The van der Waals surface area contributed by atoms with Crippen LogP contribution in [-0.4, -0.2) is 66.6 Å². The highest BCUT2D eigenvalue weighted by Crippen LogP contribution is 2.45. The second-order valence-electron chi connectivity index (χ2n) is 11.1. The zero-order valence-electron chi connectivity index (χ0n) is 25.8. The Bertz CT molecular complexity index is 1680. The minimum Gasteiger partial charge on any atom is -0.493 e. The minimum atomic E-state index is -4.39. The summed E-state index contributed by atoms with van der Waals surface area (Å²) in [6, 6.07) is 15.1. The molecule has 4 rings (SSSR count). The monoisotopic (exact) mass is 623 g/mol. The van der Waals surface area contributed by atoms with Crippen molar-refractivity contribution in [3.8, 4) is 34.8 Å². The third-order valence-corrected chi connectivity index (χ3v) is 8.59. The van der Waals surface area contributed by atoms with Gasteiger partial charge in [0, 0.05) is 19.5 Å². The van der Waals surface area contributed by atoms with E-state index in [0.29, 0.717) is 5.75 Å². The van der Waals surface area contributed by atoms with E-state index in [2.05, 4.69) is 19.9 Å². The standard InChI is InChI=1S/C31H37N5O7S/c1-30(2,3)21-13-15-22(16-14-21)44(38,39)36(31(4,5)41-7)28-25(43-24-12-9-8-11-23(24)40-6)29(42-20-19-37)35-27(34-28)26-32-17-10-18-33-26/h8-18,37H,19-20H2,1-7H3. The maximum absolute atomic E-state index is 14.6. The molecule has 13 heteroatoms. The number of nitrogens with zero attached hydrogens (tertiary/aromatic N) is 5. The van der Waals surface area contributed by atoms with Crippen molar-refractivity contribution >= 4 is 15.8 Å². The quantitative estimate of drug-likeness (QED) is 0.213. The highest BCUT2D eigenvalue weighted by molar-refractivity contribution is 7.92. The number of methoxy groups -OCH3 is 2. The van der Waals surface area contributed by atoms with Gasteiger partial charge in [-0.05, 0) is 55.2 Å². The maximum Gasteiger partial charge on any atom is 0.267 e. The van der Waals surface area contributed by atoms with E-state index < -0.39 is 15.7 Å². The number of aliphatic hydroxyl groups excluding tert-OH is 1. The van der Waals surface area contributed by atoms with Gasteiger partial charge in [0.2, 0.25) is 11.6 Å². The molecule has 44 heavy (non-hydrogen) atoms. The molecule has 0 aliphatic carbocycles. The van der Waals surface area contributed by atoms with Crippen LogP contribution in [0.25, 0.3) is 11.6 Å². The van der Waals surface area contributed by atoms with Crippen molar-refractivity contribution in [2.45, 2.75) is 50.7 Å². The van der Waals surface area contributed by atoms with Crippen LogP contribution in [0.2, 0.25) is 0 Å². The van der Waals surface area contributed by atoms with Crippen molar-refractivity contribution in [1.29, 1.82) is 0 Å². The number of para-hydroxylation sites is 2. The van der Waals surface area contributed by atoms with Gasteiger partial charge in [0.25, 0.3) is 15.9 Å². The van der Waals surface area contributed by atoms with E-state index in [4.69, 9.17) is 18.9 Å². The molecule has 0 atom stereocenters. The minimum absolute atomic E-state index is 0.00665. The molecule has 0 aliphatic rings. The first-order valence-electron chi connectivity index (χ1n) is 13.8. The summed E-state index contributed by atoms with van der Waals surface area (Å²) in [5, 5.41) is 9.60. The van der Waals surface area contributed by atoms with Crippen LogP contribution < -0.4 is 18.5 Å². The molecule has 0 radical (unpaired) electrons. The molecule has 4 aromatic rings. The first kappa shape index (κ1) is 32.6. The number of benzene rings is 2. The Morgan fingerprint density at radius 1 is 0.841 bits per heavy atom. The lowest BCUT2D eigenvalue weighted by molar-refractivity contribution is 0.0327. The Labute approximate surface area is 257 Å². The Hall–Kier alpha value is -4.33. The molecule has 0 aliphatic heterocycles. The maximum atomic E-state index is 14.6. The molecule has 2 aromatic heterocycles. The van der Waals surface area contributed by atoms with Gasteiger partial charge in [-0.15, -0.1) is 0 Å². The Balaban J connectivity index is 2.06. The summed E-state index contributed by atoms with van der Waals surface area (Å²) in [6.07, 6.45) is 3.01. The average molecular weight is 624 g/mol. The van der Waals surface area contributed by atoms with Crippen molar-refractivity contribution in [2.75, 3.05) is 31.7 Å². The smallest absolute Gasteiger partial charge is 0.267 e. The second kappa shape index (κ2) is 13.1. The molecule has 0 saturated heterocycles. The largest absolute Gasteiger partial charge is 0.493 e. The van der Waals surface area contributed by atoms with Crippen LogP contribution in [0.5, 0.6) is 23.1 Å². The predicted octanol–water partition coefficient (Wildman–Crippen LogP) is 4.98. The molecule has 0 fully saturated rings. The third-order valence-electron chi connectivity index (χ3n) is 6.63. The summed E-state index contributed by atoms with van der Waals surface area (Å²) in [4.78, 5) is 17.6. The van der Waals surface area contributed by atoms with Crippen molar-refractivity contribution in [2.24, 2.45) is 0 Å². The van der Waals surface area contributed by atoms with Crippen LogP contribution in [0.3, 0.4) is 0 Å². The molecule has 2 heterocycles. The van der Waals surface area contributed by atoms with Crippen molar-refractivity contribution in [3.63, 3.8) is 0 Å². The van der Waals surface area contributed by atoms with Crippen LogP contribution in [0.4, 0.5) is 5.82 Å². The van der Waals surface area contributed by atoms with Crippen molar-refractivity contribution in [1.82, 2.24) is 19.9 Å². The predicted molar refractivity (Wildman–Crippen MR) is 165 cm³/mol. The lowest BCUT2D eigenvalue weighted by Gasteiger charge is -2.37. The van der Waals surface area contributed by atoms with Crippen LogP contribution in [-0.2, 0) is 20.2 Å². The molecule has 0 unspecified atom stereocenters. The molecular formula is C31H37N5O7S. The van der Waals surface area contributed by atoms with E-state index in [-0.39, 0.29) is 58.4 Å². The molecule has 12 nitrogen and oxygen atoms in total. The highest BCUT2D eigenvalue weighted by atomic mass is 32.2. The van der Waals surface area contributed by atoms with Gasteiger partial charge < -0.3 is 24.1 Å². The third kappa shape index (κ3) is 6.90. The lowest BCUT2D eigenvalue weighted by atomic mass is 9.87. The summed E-state index contributed by atoms with van der Waals surface area (Å²) < 4.78 is 53.5. The topological polar surface area (TPSA) is 146 Å². The lowest BCUT2D eigenvalue weighted by Crippen LogP contribution is -2.50. The molecule has 0 spiro atoms. The summed E-state index contributed by atoms with van der Waals surface area (Å²) >= 11 is 0. The molecule has 234 valence electrons. The fourth-order valence-electron chi connectivity index (χ4n) is 4.19. The highest BCUT2D eigenvalue weighted by Gasteiger charge is 2.42. The van der Waals surface area contributed by atoms with Crippen molar-refractivity contribution < 1.29 is 32.5 Å². The number of hydrogen-bond acceptors (Lipinski definition) is 11. The van der Waals surface area contributed by atoms with Crippen LogP contribution in [0.15, 0.2) is 71.9 Å². The normalized spacial score (nSPS) is 12.1. The number of sulfonamides is 1. The van der Waals surface area contributed by atoms with E-state index >= 15 is 0 Å². The van der Waals surface area contributed by atoms with Gasteiger partial charge in [0.05, 0.1) is 18.6 Å². The molecular weight excluding hydrogens is 586 g/mol. The number of aliphatic hydroxyl groups is 1.